The molecule has 0 bridgehead atoms. The first-order valence-electron chi connectivity index (χ1n) is 8.18. The van der Waals surface area contributed by atoms with E-state index in [1.807, 2.05) is 0 Å². The van der Waals surface area contributed by atoms with E-state index < -0.39 is 23.3 Å². The molecular formula is C17H16ClF3N4OS. The zero-order chi connectivity index (χ0) is 19.4. The van der Waals surface area contributed by atoms with Crippen LogP contribution >= 0.6 is 23.4 Å². The van der Waals surface area contributed by atoms with Crippen LogP contribution in [0.1, 0.15) is 28.9 Å². The molecule has 27 heavy (non-hydrogen) atoms. The second-order valence-corrected chi connectivity index (χ2v) is 7.61. The molecule has 1 amide bonds. The second kappa shape index (κ2) is 8.35. The quantitative estimate of drug-likeness (QED) is 0.767. The van der Waals surface area contributed by atoms with Crippen LogP contribution in [0.3, 0.4) is 0 Å². The fourth-order valence-corrected chi connectivity index (χ4v) is 3.92. The van der Waals surface area contributed by atoms with Crippen molar-refractivity contribution in [3.63, 3.8) is 0 Å². The first kappa shape index (κ1) is 19.8. The molecule has 0 spiro atoms. The van der Waals surface area contributed by atoms with Crippen LogP contribution in [0.25, 0.3) is 0 Å². The molecule has 10 heteroatoms. The van der Waals surface area contributed by atoms with Crippen molar-refractivity contribution in [2.75, 3.05) is 16.8 Å². The van der Waals surface area contributed by atoms with Crippen molar-refractivity contribution in [1.82, 2.24) is 15.3 Å². The zero-order valence-electron chi connectivity index (χ0n) is 14.0. The van der Waals surface area contributed by atoms with E-state index in [4.69, 9.17) is 11.6 Å². The van der Waals surface area contributed by atoms with Gasteiger partial charge in [-0.2, -0.15) is 24.9 Å². The van der Waals surface area contributed by atoms with Crippen LogP contribution in [0.2, 0.25) is 5.02 Å². The third-order valence-electron chi connectivity index (χ3n) is 3.94. The van der Waals surface area contributed by atoms with Gasteiger partial charge in [-0.3, -0.25) is 4.79 Å². The summed E-state index contributed by atoms with van der Waals surface area (Å²) in [5.41, 5.74) is -1.42. The Morgan fingerprint density at radius 2 is 2.00 bits per heavy atom. The Morgan fingerprint density at radius 1 is 1.26 bits per heavy atom. The number of nitrogens with zero attached hydrogens (tertiary/aromatic N) is 2. The molecule has 0 aliphatic carbocycles. The van der Waals surface area contributed by atoms with Gasteiger partial charge in [-0.25, -0.2) is 9.97 Å². The lowest BCUT2D eigenvalue weighted by molar-refractivity contribution is -0.141. The molecule has 2 aromatic rings. The molecule has 1 saturated heterocycles. The lowest BCUT2D eigenvalue weighted by atomic mass is 10.1. The average molecular weight is 417 g/mol. The molecular weight excluding hydrogens is 401 g/mol. The molecule has 2 heterocycles. The predicted octanol–water partition coefficient (Wildman–Crippen LogP) is 4.52. The molecule has 1 aromatic heterocycles. The number of amides is 1. The lowest BCUT2D eigenvalue weighted by Crippen LogP contribution is -2.38. The maximum Gasteiger partial charge on any atom is 0.434 e. The van der Waals surface area contributed by atoms with Gasteiger partial charge in [-0.15, -0.1) is 0 Å². The van der Waals surface area contributed by atoms with Crippen molar-refractivity contribution in [3.05, 3.63) is 46.7 Å². The summed E-state index contributed by atoms with van der Waals surface area (Å²) in [5, 5.41) is 5.73. The summed E-state index contributed by atoms with van der Waals surface area (Å²) in [6, 6.07) is 6.28. The number of halogens is 4. The van der Waals surface area contributed by atoms with Crippen LogP contribution in [0, 0.1) is 0 Å². The molecule has 0 saturated carbocycles. The van der Waals surface area contributed by atoms with Crippen molar-refractivity contribution in [2.45, 2.75) is 25.1 Å². The van der Waals surface area contributed by atoms with Crippen LogP contribution < -0.4 is 10.6 Å². The summed E-state index contributed by atoms with van der Waals surface area (Å²) >= 11 is 7.62. The summed E-state index contributed by atoms with van der Waals surface area (Å²) in [7, 11) is 0. The molecule has 2 N–H and O–H groups in total. The number of aromatic nitrogens is 2. The summed E-state index contributed by atoms with van der Waals surface area (Å²) < 4.78 is 40.3. The third kappa shape index (κ3) is 5.26. The van der Waals surface area contributed by atoms with Gasteiger partial charge in [0.05, 0.1) is 5.56 Å². The highest BCUT2D eigenvalue weighted by molar-refractivity contribution is 7.99. The number of carbonyl (C=O) groups excluding carboxylic acids is 1. The fraction of sp³-hybridized carbons (Fsp3) is 0.353. The minimum Gasteiger partial charge on any atom is -0.349 e. The van der Waals surface area contributed by atoms with Crippen molar-refractivity contribution < 1.29 is 18.0 Å². The number of hydrogen-bond donors (Lipinski definition) is 2. The molecule has 0 atom stereocenters. The summed E-state index contributed by atoms with van der Waals surface area (Å²) in [6.07, 6.45) is -2.43. The Hall–Kier alpha value is -2.00. The van der Waals surface area contributed by atoms with E-state index in [1.54, 1.807) is 30.0 Å². The SMILES string of the molecule is O=C(NC1CCSCC1)c1cnc(Nc2cccc(Cl)c2)nc1C(F)(F)F. The lowest BCUT2D eigenvalue weighted by Gasteiger charge is -2.23. The number of benzene rings is 1. The molecule has 0 unspecified atom stereocenters. The highest BCUT2D eigenvalue weighted by Gasteiger charge is 2.38. The van der Waals surface area contributed by atoms with E-state index in [1.165, 1.54) is 6.07 Å². The molecule has 1 fully saturated rings. The Labute approximate surface area is 163 Å². The topological polar surface area (TPSA) is 66.9 Å². The van der Waals surface area contributed by atoms with Gasteiger partial charge in [0.2, 0.25) is 5.95 Å². The number of hydrogen-bond acceptors (Lipinski definition) is 5. The molecule has 1 aromatic carbocycles. The summed E-state index contributed by atoms with van der Waals surface area (Å²) in [4.78, 5) is 19.7. The van der Waals surface area contributed by atoms with Crippen molar-refractivity contribution in [3.8, 4) is 0 Å². The fourth-order valence-electron chi connectivity index (χ4n) is 2.62. The van der Waals surface area contributed by atoms with Crippen molar-refractivity contribution >= 4 is 40.9 Å². The zero-order valence-corrected chi connectivity index (χ0v) is 15.6. The van der Waals surface area contributed by atoms with E-state index >= 15 is 0 Å². The molecule has 1 aliphatic rings. The van der Waals surface area contributed by atoms with Gasteiger partial charge in [-0.05, 0) is 42.5 Å². The molecule has 5 nitrogen and oxygen atoms in total. The highest BCUT2D eigenvalue weighted by Crippen LogP contribution is 2.31. The standard InChI is InChI=1S/C17H16ClF3N4OS/c18-10-2-1-3-12(8-10)24-16-22-9-13(14(25-16)17(19,20)21)15(26)23-11-4-6-27-7-5-11/h1-3,8-9,11H,4-7H2,(H,23,26)(H,22,24,25). The largest absolute Gasteiger partial charge is 0.434 e. The Balaban J connectivity index is 1.84. The van der Waals surface area contributed by atoms with Crippen LogP contribution in [-0.4, -0.2) is 33.4 Å². The molecule has 3 rings (SSSR count). The van der Waals surface area contributed by atoms with Gasteiger partial charge in [0, 0.05) is 22.9 Å². The van der Waals surface area contributed by atoms with E-state index in [2.05, 4.69) is 20.6 Å². The minimum atomic E-state index is -4.79. The van der Waals surface area contributed by atoms with Gasteiger partial charge < -0.3 is 10.6 Å². The normalized spacial score (nSPS) is 15.4. The van der Waals surface area contributed by atoms with E-state index in [9.17, 15) is 18.0 Å². The van der Waals surface area contributed by atoms with Gasteiger partial charge in [0.1, 0.15) is 0 Å². The van der Waals surface area contributed by atoms with Crippen LogP contribution in [0.5, 0.6) is 0 Å². The average Bonchev–Trinajstić information content (AvgIpc) is 2.62. The maximum atomic E-state index is 13.4. The molecule has 1 aliphatic heterocycles. The van der Waals surface area contributed by atoms with Crippen LogP contribution in [-0.2, 0) is 6.18 Å². The number of alkyl halides is 3. The monoisotopic (exact) mass is 416 g/mol. The maximum absolute atomic E-state index is 13.4. The van der Waals surface area contributed by atoms with Crippen molar-refractivity contribution in [1.29, 1.82) is 0 Å². The molecule has 0 radical (unpaired) electrons. The first-order chi connectivity index (χ1) is 12.8. The third-order valence-corrected chi connectivity index (χ3v) is 5.22. The number of anilines is 2. The van der Waals surface area contributed by atoms with Gasteiger partial charge in [0.15, 0.2) is 5.69 Å². The smallest absolute Gasteiger partial charge is 0.349 e. The van der Waals surface area contributed by atoms with Gasteiger partial charge in [-0.1, -0.05) is 17.7 Å². The second-order valence-electron chi connectivity index (χ2n) is 5.95. The Bertz CT molecular complexity index is 828. The van der Waals surface area contributed by atoms with Crippen molar-refractivity contribution in [2.24, 2.45) is 0 Å². The molecule has 144 valence electrons. The number of nitrogens with one attached hydrogen (secondary N) is 2. The Kier molecular flexibility index (Phi) is 6.11. The van der Waals surface area contributed by atoms with Crippen LogP contribution in [0.15, 0.2) is 30.5 Å². The number of thioether (sulfide) groups is 1. The van der Waals surface area contributed by atoms with E-state index in [-0.39, 0.29) is 12.0 Å². The number of carbonyl (C=O) groups is 1. The first-order valence-corrected chi connectivity index (χ1v) is 9.71. The predicted molar refractivity (Wildman–Crippen MR) is 99.6 cm³/mol. The van der Waals surface area contributed by atoms with E-state index in [0.717, 1.165) is 30.5 Å². The van der Waals surface area contributed by atoms with Crippen LogP contribution in [0.4, 0.5) is 24.8 Å². The summed E-state index contributed by atoms with van der Waals surface area (Å²) in [5.74, 6) is 0.662. The van der Waals surface area contributed by atoms with Gasteiger partial charge in [0.25, 0.3) is 5.91 Å². The van der Waals surface area contributed by atoms with E-state index in [0.29, 0.717) is 10.7 Å². The summed E-state index contributed by atoms with van der Waals surface area (Å²) in [6.45, 7) is 0. The Morgan fingerprint density at radius 3 is 2.67 bits per heavy atom. The minimum absolute atomic E-state index is 0.135. The number of rotatable bonds is 4. The highest BCUT2D eigenvalue weighted by atomic mass is 35.5. The van der Waals surface area contributed by atoms with Gasteiger partial charge >= 0.3 is 6.18 Å².